The number of aromatic nitrogens is 2. The zero-order chi connectivity index (χ0) is 18.3. The lowest BCUT2D eigenvalue weighted by Gasteiger charge is -2.12. The lowest BCUT2D eigenvalue weighted by Crippen LogP contribution is -2.28. The van der Waals surface area contributed by atoms with E-state index in [9.17, 15) is 0 Å². The summed E-state index contributed by atoms with van der Waals surface area (Å²) in [4.78, 5) is 0. The van der Waals surface area contributed by atoms with Gasteiger partial charge in [0.1, 0.15) is 12.8 Å². The van der Waals surface area contributed by atoms with Gasteiger partial charge in [-0.25, -0.2) is 4.57 Å². The topological polar surface area (TPSA) is 17.5 Å². The maximum absolute atomic E-state index is 5.53. The van der Waals surface area contributed by atoms with Gasteiger partial charge in [0.2, 0.25) is 5.52 Å². The molecule has 6 rings (SSSR count). The highest BCUT2D eigenvalue weighted by molar-refractivity contribution is 6.25. The number of hydrogen-bond donors (Lipinski definition) is 0. The number of ether oxygens (including phenoxy) is 1. The zero-order valence-electron chi connectivity index (χ0n) is 15.6. The van der Waals surface area contributed by atoms with E-state index in [-0.39, 0.29) is 0 Å². The van der Waals surface area contributed by atoms with Crippen molar-refractivity contribution in [3.63, 3.8) is 0 Å². The van der Waals surface area contributed by atoms with E-state index < -0.39 is 0 Å². The standard InChI is InChI=1S/C24H19N2O/c1-14-7-9-18-17-10-8-16(27-3)13-20(17)26-19-6-4-5-15-11-12-25(2)24(22(15)19)21(14)23(18)26/h4-13H,1-3H3/q+1. The number of rotatable bonds is 1. The highest BCUT2D eigenvalue weighted by atomic mass is 16.5. The van der Waals surface area contributed by atoms with Crippen molar-refractivity contribution in [3.8, 4) is 5.75 Å². The molecule has 3 heterocycles. The fourth-order valence-corrected chi connectivity index (χ4v) is 4.75. The number of aryl methyl sites for hydroxylation is 2. The minimum atomic E-state index is 0.886. The van der Waals surface area contributed by atoms with Gasteiger partial charge in [-0.05, 0) is 36.1 Å². The summed E-state index contributed by atoms with van der Waals surface area (Å²) in [5.41, 5.74) is 6.33. The molecule has 130 valence electrons. The van der Waals surface area contributed by atoms with Crippen LogP contribution >= 0.6 is 0 Å². The van der Waals surface area contributed by atoms with Gasteiger partial charge in [0, 0.05) is 22.9 Å². The summed E-state index contributed by atoms with van der Waals surface area (Å²) in [5.74, 6) is 0.886. The fourth-order valence-electron chi connectivity index (χ4n) is 4.75. The van der Waals surface area contributed by atoms with Crippen LogP contribution in [-0.4, -0.2) is 11.5 Å². The Morgan fingerprint density at radius 2 is 1.74 bits per heavy atom. The molecule has 3 heteroatoms. The van der Waals surface area contributed by atoms with Crippen molar-refractivity contribution in [2.75, 3.05) is 7.11 Å². The van der Waals surface area contributed by atoms with Gasteiger partial charge < -0.3 is 9.14 Å². The first-order valence-corrected chi connectivity index (χ1v) is 9.23. The van der Waals surface area contributed by atoms with Crippen molar-refractivity contribution in [1.82, 2.24) is 4.40 Å². The second-order valence-electron chi connectivity index (χ2n) is 7.39. The van der Waals surface area contributed by atoms with Crippen molar-refractivity contribution in [3.05, 3.63) is 66.4 Å². The predicted octanol–water partition coefficient (Wildman–Crippen LogP) is 5.13. The Balaban J connectivity index is 2.10. The van der Waals surface area contributed by atoms with Crippen molar-refractivity contribution in [1.29, 1.82) is 0 Å². The number of benzene rings is 3. The zero-order valence-corrected chi connectivity index (χ0v) is 15.6. The first kappa shape index (κ1) is 14.8. The SMILES string of the molecule is COc1ccc2c3ccc(C)c4c3n(c2c1)c1cccc2cc[n+](C)c4c21. The number of hydrogen-bond acceptors (Lipinski definition) is 1. The Kier molecular flexibility index (Phi) is 2.68. The first-order valence-electron chi connectivity index (χ1n) is 9.23. The van der Waals surface area contributed by atoms with Gasteiger partial charge >= 0.3 is 0 Å². The lowest BCUT2D eigenvalue weighted by atomic mass is 10.00. The van der Waals surface area contributed by atoms with Gasteiger partial charge in [-0.15, -0.1) is 0 Å². The normalized spacial score (nSPS) is 12.3. The molecule has 3 aromatic carbocycles. The molecule has 0 saturated carbocycles. The van der Waals surface area contributed by atoms with Crippen molar-refractivity contribution in [2.24, 2.45) is 7.05 Å². The maximum Gasteiger partial charge on any atom is 0.224 e. The molecule has 0 radical (unpaired) electrons. The molecule has 0 saturated heterocycles. The molecule has 3 nitrogen and oxygen atoms in total. The maximum atomic E-state index is 5.53. The molecule has 0 amide bonds. The molecule has 6 aromatic rings. The van der Waals surface area contributed by atoms with Crippen LogP contribution in [0.2, 0.25) is 0 Å². The summed E-state index contributed by atoms with van der Waals surface area (Å²) in [7, 11) is 3.87. The van der Waals surface area contributed by atoms with Crippen LogP contribution in [0.5, 0.6) is 5.75 Å². The van der Waals surface area contributed by atoms with E-state index in [2.05, 4.69) is 83.7 Å². The summed E-state index contributed by atoms with van der Waals surface area (Å²) in [6.07, 6.45) is 2.17. The highest BCUT2D eigenvalue weighted by Gasteiger charge is 2.23. The molecule has 3 aromatic heterocycles. The molecule has 0 atom stereocenters. The van der Waals surface area contributed by atoms with Crippen LogP contribution in [0.25, 0.3) is 49.0 Å². The summed E-state index contributed by atoms with van der Waals surface area (Å²) in [6, 6.07) is 19.7. The van der Waals surface area contributed by atoms with Gasteiger partial charge in [-0.1, -0.05) is 24.3 Å². The van der Waals surface area contributed by atoms with E-state index in [0.717, 1.165) is 5.75 Å². The van der Waals surface area contributed by atoms with Crippen LogP contribution < -0.4 is 9.30 Å². The number of pyridine rings is 2. The summed E-state index contributed by atoms with van der Waals surface area (Å²) >= 11 is 0. The monoisotopic (exact) mass is 351 g/mol. The third-order valence-electron chi connectivity index (χ3n) is 5.97. The molecular formula is C24H19N2O+. The lowest BCUT2D eigenvalue weighted by molar-refractivity contribution is -0.643. The number of methoxy groups -OCH3 is 1. The van der Waals surface area contributed by atoms with Crippen molar-refractivity contribution >= 4 is 49.0 Å². The minimum absolute atomic E-state index is 0.886. The van der Waals surface area contributed by atoms with Gasteiger partial charge in [0.05, 0.1) is 34.4 Å². The Labute approximate surface area is 156 Å². The third-order valence-corrected chi connectivity index (χ3v) is 5.97. The Hall–Kier alpha value is -3.33. The van der Waals surface area contributed by atoms with Crippen LogP contribution in [0.1, 0.15) is 5.56 Å². The molecule has 0 aliphatic rings. The van der Waals surface area contributed by atoms with E-state index >= 15 is 0 Å². The van der Waals surface area contributed by atoms with E-state index in [1.807, 2.05) is 0 Å². The largest absolute Gasteiger partial charge is 0.497 e. The van der Waals surface area contributed by atoms with Gasteiger partial charge in [0.15, 0.2) is 6.20 Å². The molecule has 0 aliphatic heterocycles. The van der Waals surface area contributed by atoms with E-state index in [4.69, 9.17) is 4.74 Å². The van der Waals surface area contributed by atoms with E-state index in [1.165, 1.54) is 54.6 Å². The predicted molar refractivity (Wildman–Crippen MR) is 111 cm³/mol. The molecule has 0 N–H and O–H groups in total. The molecule has 0 bridgehead atoms. The van der Waals surface area contributed by atoms with E-state index in [0.29, 0.717) is 0 Å². The average Bonchev–Trinajstić information content (AvgIpc) is 3.02. The molecule has 0 fully saturated rings. The van der Waals surface area contributed by atoms with Crippen LogP contribution in [0.3, 0.4) is 0 Å². The van der Waals surface area contributed by atoms with Gasteiger partial charge in [0.25, 0.3) is 0 Å². The smallest absolute Gasteiger partial charge is 0.224 e. The summed E-state index contributed by atoms with van der Waals surface area (Å²) in [5, 5.41) is 6.46. The first-order chi connectivity index (χ1) is 13.2. The molecular weight excluding hydrogens is 332 g/mol. The van der Waals surface area contributed by atoms with Crippen LogP contribution in [0.15, 0.2) is 60.8 Å². The second-order valence-corrected chi connectivity index (χ2v) is 7.39. The van der Waals surface area contributed by atoms with Gasteiger partial charge in [-0.2, -0.15) is 0 Å². The van der Waals surface area contributed by atoms with Crippen LogP contribution in [0, 0.1) is 6.92 Å². The third kappa shape index (κ3) is 1.69. The number of fused-ring (bicyclic) bond motifs is 5. The van der Waals surface area contributed by atoms with Gasteiger partial charge in [-0.3, -0.25) is 0 Å². The van der Waals surface area contributed by atoms with E-state index in [1.54, 1.807) is 7.11 Å². The molecule has 27 heavy (non-hydrogen) atoms. The molecule has 0 spiro atoms. The van der Waals surface area contributed by atoms with Crippen molar-refractivity contribution in [2.45, 2.75) is 6.92 Å². The average molecular weight is 351 g/mol. The van der Waals surface area contributed by atoms with Crippen LogP contribution in [0.4, 0.5) is 0 Å². The molecule has 0 unspecified atom stereocenters. The Morgan fingerprint density at radius 3 is 2.59 bits per heavy atom. The Bertz CT molecular complexity index is 1520. The summed E-state index contributed by atoms with van der Waals surface area (Å²) < 4.78 is 10.2. The van der Waals surface area contributed by atoms with Crippen LogP contribution in [-0.2, 0) is 7.05 Å². The highest BCUT2D eigenvalue weighted by Crippen LogP contribution is 2.41. The Morgan fingerprint density at radius 1 is 0.889 bits per heavy atom. The second kappa shape index (κ2) is 4.89. The summed E-state index contributed by atoms with van der Waals surface area (Å²) in [6.45, 7) is 2.21. The molecule has 0 aliphatic carbocycles. The minimum Gasteiger partial charge on any atom is -0.497 e. The quantitative estimate of drug-likeness (QED) is 0.228. The van der Waals surface area contributed by atoms with Crippen molar-refractivity contribution < 1.29 is 9.30 Å². The fraction of sp³-hybridized carbons (Fsp3) is 0.125. The number of nitrogens with zero attached hydrogens (tertiary/aromatic N) is 2.